The van der Waals surface area contributed by atoms with E-state index < -0.39 is 16.7 Å². The number of nitrogens with zero attached hydrogens (tertiary/aromatic N) is 1. The number of benzene rings is 2. The highest BCUT2D eigenvalue weighted by Crippen LogP contribution is 2.14. The molecule has 2 N–H and O–H groups in total. The Morgan fingerprint density at radius 3 is 2.30 bits per heavy atom. The van der Waals surface area contributed by atoms with E-state index in [9.17, 15) is 19.7 Å². The molecule has 7 nitrogen and oxygen atoms in total. The van der Waals surface area contributed by atoms with Gasteiger partial charge in [0.15, 0.2) is 0 Å². The smallest absolute Gasteiger partial charge is 0.269 e. The first-order valence-electron chi connectivity index (χ1n) is 8.14. The van der Waals surface area contributed by atoms with Crippen LogP contribution in [0.25, 0.3) is 6.08 Å². The van der Waals surface area contributed by atoms with Gasteiger partial charge in [-0.2, -0.15) is 0 Å². The molecule has 2 amide bonds. The summed E-state index contributed by atoms with van der Waals surface area (Å²) >= 11 is 0. The SMILES string of the molecule is C=CCNC(=O)/C(=C\c1ccc([N+](=O)[O-])cc1)NC(=O)c1ccc(C)cc1. The predicted molar refractivity (Wildman–Crippen MR) is 103 cm³/mol. The summed E-state index contributed by atoms with van der Waals surface area (Å²) in [6, 6.07) is 12.6. The zero-order chi connectivity index (χ0) is 19.8. The van der Waals surface area contributed by atoms with E-state index in [1.54, 1.807) is 24.3 Å². The van der Waals surface area contributed by atoms with Crippen LogP contribution in [0, 0.1) is 17.0 Å². The van der Waals surface area contributed by atoms with E-state index in [1.165, 1.54) is 36.4 Å². The summed E-state index contributed by atoms with van der Waals surface area (Å²) in [6.07, 6.45) is 2.97. The van der Waals surface area contributed by atoms with Crippen LogP contribution in [0.15, 0.2) is 66.9 Å². The summed E-state index contributed by atoms with van der Waals surface area (Å²) in [4.78, 5) is 35.0. The number of nitrogens with one attached hydrogen (secondary N) is 2. The Bertz CT molecular complexity index is 884. The maximum absolute atomic E-state index is 12.4. The van der Waals surface area contributed by atoms with E-state index in [0.717, 1.165) is 5.56 Å². The van der Waals surface area contributed by atoms with Gasteiger partial charge in [-0.3, -0.25) is 19.7 Å². The van der Waals surface area contributed by atoms with Crippen molar-refractivity contribution >= 4 is 23.6 Å². The van der Waals surface area contributed by atoms with E-state index in [0.29, 0.717) is 11.1 Å². The molecule has 0 aliphatic heterocycles. The Labute approximate surface area is 156 Å². The lowest BCUT2D eigenvalue weighted by atomic mass is 10.1. The van der Waals surface area contributed by atoms with Gasteiger partial charge in [0, 0.05) is 24.2 Å². The summed E-state index contributed by atoms with van der Waals surface area (Å²) in [6.45, 7) is 5.67. The molecular weight excluding hydrogens is 346 g/mol. The highest BCUT2D eigenvalue weighted by atomic mass is 16.6. The van der Waals surface area contributed by atoms with Gasteiger partial charge in [0.05, 0.1) is 4.92 Å². The topological polar surface area (TPSA) is 101 Å². The van der Waals surface area contributed by atoms with Crippen molar-refractivity contribution in [3.63, 3.8) is 0 Å². The van der Waals surface area contributed by atoms with Crippen LogP contribution in [-0.4, -0.2) is 23.3 Å². The largest absolute Gasteiger partial charge is 0.347 e. The number of carbonyl (C=O) groups is 2. The molecule has 0 spiro atoms. The summed E-state index contributed by atoms with van der Waals surface area (Å²) in [5.74, 6) is -0.925. The summed E-state index contributed by atoms with van der Waals surface area (Å²) in [5.41, 5.74) is 1.92. The lowest BCUT2D eigenvalue weighted by Gasteiger charge is -2.10. The van der Waals surface area contributed by atoms with Gasteiger partial charge in [-0.25, -0.2) is 0 Å². The van der Waals surface area contributed by atoms with E-state index in [2.05, 4.69) is 17.2 Å². The summed E-state index contributed by atoms with van der Waals surface area (Å²) in [5, 5.41) is 15.9. The van der Waals surface area contributed by atoms with E-state index >= 15 is 0 Å². The number of carbonyl (C=O) groups excluding carboxylic acids is 2. The van der Waals surface area contributed by atoms with Crippen molar-refractivity contribution in [1.82, 2.24) is 10.6 Å². The Kier molecular flexibility index (Phi) is 6.60. The fraction of sp³-hybridized carbons (Fsp3) is 0.100. The van der Waals surface area contributed by atoms with Gasteiger partial charge in [-0.1, -0.05) is 23.8 Å². The number of hydrogen-bond acceptors (Lipinski definition) is 4. The molecule has 0 fully saturated rings. The highest BCUT2D eigenvalue weighted by Gasteiger charge is 2.14. The van der Waals surface area contributed by atoms with Gasteiger partial charge in [0.2, 0.25) is 0 Å². The third-order valence-corrected chi connectivity index (χ3v) is 3.63. The van der Waals surface area contributed by atoms with Crippen LogP contribution < -0.4 is 10.6 Å². The minimum absolute atomic E-state index is 0.0243. The van der Waals surface area contributed by atoms with Gasteiger partial charge in [0.25, 0.3) is 17.5 Å². The molecule has 27 heavy (non-hydrogen) atoms. The molecule has 0 saturated heterocycles. The Morgan fingerprint density at radius 1 is 1.11 bits per heavy atom. The summed E-state index contributed by atoms with van der Waals surface area (Å²) in [7, 11) is 0. The van der Waals surface area contributed by atoms with Gasteiger partial charge in [-0.05, 0) is 42.8 Å². The number of aryl methyl sites for hydroxylation is 1. The molecule has 0 radical (unpaired) electrons. The van der Waals surface area contributed by atoms with Crippen LogP contribution in [0.2, 0.25) is 0 Å². The van der Waals surface area contributed by atoms with Crippen LogP contribution >= 0.6 is 0 Å². The lowest BCUT2D eigenvalue weighted by Crippen LogP contribution is -2.34. The number of nitro groups is 1. The van der Waals surface area contributed by atoms with Crippen LogP contribution in [-0.2, 0) is 4.79 Å². The van der Waals surface area contributed by atoms with E-state index in [-0.39, 0.29) is 17.9 Å². The van der Waals surface area contributed by atoms with Crippen LogP contribution in [0.4, 0.5) is 5.69 Å². The third kappa shape index (κ3) is 5.64. The fourth-order valence-electron chi connectivity index (χ4n) is 2.18. The average molecular weight is 365 g/mol. The van der Waals surface area contributed by atoms with Gasteiger partial charge >= 0.3 is 0 Å². The first kappa shape index (κ1) is 19.6. The number of rotatable bonds is 7. The quantitative estimate of drug-likeness (QED) is 0.341. The number of non-ortho nitro benzene ring substituents is 1. The third-order valence-electron chi connectivity index (χ3n) is 3.63. The molecule has 0 aliphatic rings. The monoisotopic (exact) mass is 365 g/mol. The molecule has 0 saturated carbocycles. The first-order valence-corrected chi connectivity index (χ1v) is 8.14. The zero-order valence-electron chi connectivity index (χ0n) is 14.8. The van der Waals surface area contributed by atoms with Crippen molar-refractivity contribution in [1.29, 1.82) is 0 Å². The second-order valence-corrected chi connectivity index (χ2v) is 5.73. The van der Waals surface area contributed by atoms with Crippen LogP contribution in [0.1, 0.15) is 21.5 Å². The molecule has 0 aromatic heterocycles. The van der Waals surface area contributed by atoms with E-state index in [1.807, 2.05) is 6.92 Å². The van der Waals surface area contributed by atoms with E-state index in [4.69, 9.17) is 0 Å². The maximum Gasteiger partial charge on any atom is 0.269 e. The number of nitro benzene ring substituents is 1. The van der Waals surface area contributed by atoms with Gasteiger partial charge < -0.3 is 10.6 Å². The average Bonchev–Trinajstić information content (AvgIpc) is 2.66. The van der Waals surface area contributed by atoms with Gasteiger partial charge in [-0.15, -0.1) is 6.58 Å². The van der Waals surface area contributed by atoms with Crippen molar-refractivity contribution < 1.29 is 14.5 Å². The lowest BCUT2D eigenvalue weighted by molar-refractivity contribution is -0.384. The molecule has 0 heterocycles. The number of hydrogen-bond donors (Lipinski definition) is 2. The molecule has 2 rings (SSSR count). The molecule has 7 heteroatoms. The molecule has 0 atom stereocenters. The zero-order valence-corrected chi connectivity index (χ0v) is 14.8. The van der Waals surface area contributed by atoms with Crippen molar-refractivity contribution in [2.75, 3.05) is 6.54 Å². The highest BCUT2D eigenvalue weighted by molar-refractivity contribution is 6.05. The first-order chi connectivity index (χ1) is 12.9. The Morgan fingerprint density at radius 2 is 1.74 bits per heavy atom. The fourth-order valence-corrected chi connectivity index (χ4v) is 2.18. The molecule has 138 valence electrons. The van der Waals surface area contributed by atoms with Crippen LogP contribution in [0.3, 0.4) is 0 Å². The second-order valence-electron chi connectivity index (χ2n) is 5.73. The predicted octanol–water partition coefficient (Wildman–Crippen LogP) is 2.98. The summed E-state index contributed by atoms with van der Waals surface area (Å²) < 4.78 is 0. The Balaban J connectivity index is 2.28. The van der Waals surface area contributed by atoms with Crippen molar-refractivity contribution in [3.05, 3.63) is 93.7 Å². The molecular formula is C20H19N3O4. The molecule has 0 unspecified atom stereocenters. The van der Waals surface area contributed by atoms with Crippen molar-refractivity contribution in [2.45, 2.75) is 6.92 Å². The maximum atomic E-state index is 12.4. The van der Waals surface area contributed by atoms with Crippen molar-refractivity contribution in [2.24, 2.45) is 0 Å². The van der Waals surface area contributed by atoms with Gasteiger partial charge in [0.1, 0.15) is 5.70 Å². The van der Waals surface area contributed by atoms with Crippen LogP contribution in [0.5, 0.6) is 0 Å². The molecule has 0 bridgehead atoms. The molecule has 0 aliphatic carbocycles. The molecule has 2 aromatic carbocycles. The Hall–Kier alpha value is -3.74. The standard InChI is InChI=1S/C20H19N3O4/c1-3-12-21-20(25)18(13-15-6-10-17(11-7-15)23(26)27)22-19(24)16-8-4-14(2)5-9-16/h3-11,13H,1,12H2,2H3,(H,21,25)(H,22,24)/b18-13+. The normalized spacial score (nSPS) is 10.8. The molecule has 2 aromatic rings. The minimum Gasteiger partial charge on any atom is -0.347 e. The second kappa shape index (κ2) is 9.10. The van der Waals surface area contributed by atoms with Crippen molar-refractivity contribution in [3.8, 4) is 0 Å². The number of amides is 2. The minimum atomic E-state index is -0.510.